The van der Waals surface area contributed by atoms with E-state index in [1.807, 2.05) is 12.1 Å². The molecular weight excluding hydrogens is 258 g/mol. The molecule has 1 fully saturated rings. The van der Waals surface area contributed by atoms with Crippen molar-refractivity contribution in [2.24, 2.45) is 0 Å². The molecule has 0 amide bonds. The van der Waals surface area contributed by atoms with E-state index in [4.69, 9.17) is 9.15 Å². The van der Waals surface area contributed by atoms with Crippen molar-refractivity contribution in [1.29, 1.82) is 0 Å². The number of furan rings is 1. The Morgan fingerprint density at radius 2 is 2.47 bits per heavy atom. The molecule has 1 aromatic rings. The minimum absolute atomic E-state index is 0.0820. The van der Waals surface area contributed by atoms with E-state index >= 15 is 0 Å². The van der Waals surface area contributed by atoms with Gasteiger partial charge in [-0.2, -0.15) is 0 Å². The van der Waals surface area contributed by atoms with Crippen LogP contribution >= 0.6 is 15.9 Å². The molecule has 1 aromatic heterocycles. The molecule has 2 heterocycles. The first kappa shape index (κ1) is 11.2. The zero-order valence-corrected chi connectivity index (χ0v) is 10.6. The van der Waals surface area contributed by atoms with Gasteiger partial charge in [0, 0.05) is 25.1 Å². The highest BCUT2D eigenvalue weighted by molar-refractivity contribution is 9.10. The van der Waals surface area contributed by atoms with Gasteiger partial charge in [-0.15, -0.1) is 0 Å². The molecule has 84 valence electrons. The molecule has 2 rings (SSSR count). The Morgan fingerprint density at radius 3 is 3.07 bits per heavy atom. The van der Waals surface area contributed by atoms with Gasteiger partial charge in [-0.25, -0.2) is 0 Å². The SMILES string of the molecule is COCC1(C)CC(c2ccc(Br)o2)CN1. The predicted molar refractivity (Wildman–Crippen MR) is 62.0 cm³/mol. The minimum atomic E-state index is 0.0820. The summed E-state index contributed by atoms with van der Waals surface area (Å²) in [6, 6.07) is 3.98. The average Bonchev–Trinajstić information content (AvgIpc) is 2.73. The number of halogens is 1. The highest BCUT2D eigenvalue weighted by Crippen LogP contribution is 2.33. The molecule has 3 nitrogen and oxygen atoms in total. The minimum Gasteiger partial charge on any atom is -0.454 e. The monoisotopic (exact) mass is 273 g/mol. The third kappa shape index (κ3) is 2.44. The van der Waals surface area contributed by atoms with Crippen LogP contribution in [-0.2, 0) is 4.74 Å². The van der Waals surface area contributed by atoms with E-state index in [1.165, 1.54) is 0 Å². The lowest BCUT2D eigenvalue weighted by Gasteiger charge is -2.22. The smallest absolute Gasteiger partial charge is 0.169 e. The van der Waals surface area contributed by atoms with Crippen LogP contribution in [0.4, 0.5) is 0 Å². The van der Waals surface area contributed by atoms with Crippen LogP contribution in [0, 0.1) is 0 Å². The van der Waals surface area contributed by atoms with E-state index in [1.54, 1.807) is 7.11 Å². The van der Waals surface area contributed by atoms with Crippen molar-refractivity contribution >= 4 is 15.9 Å². The van der Waals surface area contributed by atoms with Gasteiger partial charge < -0.3 is 14.5 Å². The number of hydrogen-bond donors (Lipinski definition) is 1. The Labute approximate surface area is 98.3 Å². The number of ether oxygens (including phenoxy) is 1. The normalized spacial score (nSPS) is 31.0. The molecule has 1 saturated heterocycles. The van der Waals surface area contributed by atoms with E-state index in [-0.39, 0.29) is 5.54 Å². The maximum absolute atomic E-state index is 5.57. The van der Waals surface area contributed by atoms with E-state index < -0.39 is 0 Å². The van der Waals surface area contributed by atoms with Crippen molar-refractivity contribution in [2.45, 2.75) is 24.8 Å². The lowest BCUT2D eigenvalue weighted by Crippen LogP contribution is -2.40. The lowest BCUT2D eigenvalue weighted by molar-refractivity contribution is 0.129. The van der Waals surface area contributed by atoms with E-state index in [9.17, 15) is 0 Å². The first-order chi connectivity index (χ1) is 7.13. The molecule has 1 N–H and O–H groups in total. The van der Waals surface area contributed by atoms with Gasteiger partial charge in [0.05, 0.1) is 6.61 Å². The summed E-state index contributed by atoms with van der Waals surface area (Å²) in [6.45, 7) is 3.89. The van der Waals surface area contributed by atoms with Crippen LogP contribution < -0.4 is 5.32 Å². The maximum Gasteiger partial charge on any atom is 0.169 e. The molecule has 0 aliphatic carbocycles. The van der Waals surface area contributed by atoms with Crippen molar-refractivity contribution in [3.05, 3.63) is 22.6 Å². The largest absolute Gasteiger partial charge is 0.454 e. The molecular formula is C11H16BrNO2. The van der Waals surface area contributed by atoms with Crippen LogP contribution in [0.25, 0.3) is 0 Å². The summed E-state index contributed by atoms with van der Waals surface area (Å²) in [5.74, 6) is 1.51. The summed E-state index contributed by atoms with van der Waals surface area (Å²) in [7, 11) is 1.74. The Hall–Kier alpha value is -0.320. The van der Waals surface area contributed by atoms with Gasteiger partial charge in [-0.1, -0.05) is 0 Å². The van der Waals surface area contributed by atoms with Crippen molar-refractivity contribution in [3.8, 4) is 0 Å². The lowest BCUT2D eigenvalue weighted by atomic mass is 9.94. The third-order valence-electron chi connectivity index (χ3n) is 2.93. The van der Waals surface area contributed by atoms with Crippen LogP contribution in [0.5, 0.6) is 0 Å². The first-order valence-corrected chi connectivity index (χ1v) is 5.91. The second-order valence-electron chi connectivity index (χ2n) is 4.42. The van der Waals surface area contributed by atoms with Crippen LogP contribution in [0.3, 0.4) is 0 Å². The highest BCUT2D eigenvalue weighted by atomic mass is 79.9. The molecule has 4 heteroatoms. The summed E-state index contributed by atoms with van der Waals surface area (Å²) in [6.07, 6.45) is 1.06. The second-order valence-corrected chi connectivity index (χ2v) is 5.20. The first-order valence-electron chi connectivity index (χ1n) is 5.12. The molecule has 15 heavy (non-hydrogen) atoms. The fourth-order valence-electron chi connectivity index (χ4n) is 2.24. The zero-order chi connectivity index (χ0) is 10.9. The van der Waals surface area contributed by atoms with Crippen molar-refractivity contribution < 1.29 is 9.15 Å². The summed E-state index contributed by atoms with van der Waals surface area (Å²) in [4.78, 5) is 0. The Balaban J connectivity index is 2.03. The molecule has 0 aromatic carbocycles. The van der Waals surface area contributed by atoms with Crippen LogP contribution in [0.1, 0.15) is 25.0 Å². The Bertz CT molecular complexity index is 339. The van der Waals surface area contributed by atoms with Crippen molar-refractivity contribution in [1.82, 2.24) is 5.32 Å². The van der Waals surface area contributed by atoms with E-state index in [0.717, 1.165) is 30.0 Å². The molecule has 0 saturated carbocycles. The number of hydrogen-bond acceptors (Lipinski definition) is 3. The third-order valence-corrected chi connectivity index (χ3v) is 3.36. The molecule has 2 atom stereocenters. The fourth-order valence-corrected chi connectivity index (χ4v) is 2.55. The van der Waals surface area contributed by atoms with Gasteiger partial charge in [0.15, 0.2) is 4.67 Å². The number of methoxy groups -OCH3 is 1. The molecule has 1 aliphatic rings. The van der Waals surface area contributed by atoms with E-state index in [2.05, 4.69) is 28.2 Å². The van der Waals surface area contributed by atoms with Gasteiger partial charge in [0.2, 0.25) is 0 Å². The van der Waals surface area contributed by atoms with Crippen LogP contribution in [-0.4, -0.2) is 25.8 Å². The summed E-state index contributed by atoms with van der Waals surface area (Å²) in [5.41, 5.74) is 0.0820. The van der Waals surface area contributed by atoms with Gasteiger partial charge in [-0.3, -0.25) is 0 Å². The number of rotatable bonds is 3. The molecule has 0 spiro atoms. The Kier molecular flexibility index (Phi) is 3.19. The number of nitrogens with one attached hydrogen (secondary N) is 1. The fraction of sp³-hybridized carbons (Fsp3) is 0.636. The quantitative estimate of drug-likeness (QED) is 0.919. The predicted octanol–water partition coefficient (Wildman–Crippen LogP) is 2.52. The summed E-state index contributed by atoms with van der Waals surface area (Å²) >= 11 is 3.33. The Morgan fingerprint density at radius 1 is 1.67 bits per heavy atom. The van der Waals surface area contributed by atoms with Gasteiger partial charge in [0.25, 0.3) is 0 Å². The second kappa shape index (κ2) is 4.28. The van der Waals surface area contributed by atoms with Crippen molar-refractivity contribution in [2.75, 3.05) is 20.3 Å². The molecule has 1 aliphatic heterocycles. The average molecular weight is 274 g/mol. The van der Waals surface area contributed by atoms with E-state index in [0.29, 0.717) is 5.92 Å². The summed E-state index contributed by atoms with van der Waals surface area (Å²) < 4.78 is 11.6. The zero-order valence-electron chi connectivity index (χ0n) is 9.05. The van der Waals surface area contributed by atoms with Crippen LogP contribution in [0.15, 0.2) is 21.2 Å². The molecule has 2 unspecified atom stereocenters. The maximum atomic E-state index is 5.57. The standard InChI is InChI=1S/C11H16BrNO2/c1-11(7-14-2)5-8(6-13-11)9-3-4-10(12)15-9/h3-4,8,13H,5-7H2,1-2H3. The van der Waals surface area contributed by atoms with Gasteiger partial charge in [-0.05, 0) is 41.4 Å². The highest BCUT2D eigenvalue weighted by Gasteiger charge is 2.36. The van der Waals surface area contributed by atoms with Gasteiger partial charge in [0.1, 0.15) is 5.76 Å². The van der Waals surface area contributed by atoms with Crippen LogP contribution in [0.2, 0.25) is 0 Å². The van der Waals surface area contributed by atoms with Crippen molar-refractivity contribution in [3.63, 3.8) is 0 Å². The molecule has 0 bridgehead atoms. The topological polar surface area (TPSA) is 34.4 Å². The summed E-state index contributed by atoms with van der Waals surface area (Å²) in [5, 5.41) is 3.49. The molecule has 0 radical (unpaired) electrons. The van der Waals surface area contributed by atoms with Gasteiger partial charge >= 0.3 is 0 Å².